The summed E-state index contributed by atoms with van der Waals surface area (Å²) >= 11 is 6.02. The number of hydrogen-bond acceptors (Lipinski definition) is 6. The van der Waals surface area contributed by atoms with Crippen LogP contribution in [0.1, 0.15) is 18.5 Å². The molecule has 2 aliphatic heterocycles. The van der Waals surface area contributed by atoms with Crippen molar-refractivity contribution in [2.75, 3.05) is 23.8 Å². The fraction of sp³-hybridized carbons (Fsp3) is 0.148. The zero-order chi connectivity index (χ0) is 24.6. The van der Waals surface area contributed by atoms with Crippen LogP contribution in [0.15, 0.2) is 84.1 Å². The van der Waals surface area contributed by atoms with E-state index in [0.29, 0.717) is 58.5 Å². The summed E-state index contributed by atoms with van der Waals surface area (Å²) in [6.07, 6.45) is 0. The molecule has 1 atom stereocenters. The first-order valence-electron chi connectivity index (χ1n) is 11.5. The number of nitrogens with one attached hydrogen (secondary N) is 2. The van der Waals surface area contributed by atoms with Crippen molar-refractivity contribution in [1.82, 2.24) is 14.8 Å². The van der Waals surface area contributed by atoms with Gasteiger partial charge in [0.1, 0.15) is 19.3 Å². The number of nitrogens with zero attached hydrogens (tertiary/aromatic N) is 3. The number of rotatable bonds is 4. The van der Waals surface area contributed by atoms with Gasteiger partial charge >= 0.3 is 0 Å². The Bertz CT molecular complexity index is 1480. The molecule has 1 unspecified atom stereocenters. The molecule has 3 aromatic carbocycles. The number of allylic oxidation sites excluding steroid dienone is 1. The summed E-state index contributed by atoms with van der Waals surface area (Å²) in [5, 5.41) is 11.7. The number of aromatic nitrogens is 3. The monoisotopic (exact) mass is 499 g/mol. The molecule has 2 aliphatic rings. The standard InChI is InChI=1S/C27H22ClN5O3/c1-16-23(26(34)30-20-10-8-19(28)9-11-20)24(18-7-12-21-22(15-18)36-14-13-35-21)33-27(29-16)31-25(32-33)17-5-3-2-4-6-17/h2-12,15,24H,13-14H2,1H3,(H,30,34)(H,29,31,32). The van der Waals surface area contributed by atoms with Gasteiger partial charge in [0.2, 0.25) is 5.95 Å². The van der Waals surface area contributed by atoms with Crippen LogP contribution in [0, 0.1) is 0 Å². The first-order valence-corrected chi connectivity index (χ1v) is 11.9. The molecule has 36 heavy (non-hydrogen) atoms. The van der Waals surface area contributed by atoms with Gasteiger partial charge in [0, 0.05) is 22.0 Å². The third-order valence-electron chi connectivity index (χ3n) is 6.11. The van der Waals surface area contributed by atoms with Crippen molar-refractivity contribution >= 4 is 29.1 Å². The molecule has 0 saturated heterocycles. The second-order valence-corrected chi connectivity index (χ2v) is 8.94. The average Bonchev–Trinajstić information content (AvgIpc) is 3.33. The number of fused-ring (bicyclic) bond motifs is 2. The average molecular weight is 500 g/mol. The number of benzene rings is 3. The Morgan fingerprint density at radius 1 is 1.03 bits per heavy atom. The smallest absolute Gasteiger partial charge is 0.255 e. The fourth-order valence-corrected chi connectivity index (χ4v) is 4.55. The number of carbonyl (C=O) groups is 1. The van der Waals surface area contributed by atoms with Crippen LogP contribution < -0.4 is 20.1 Å². The van der Waals surface area contributed by atoms with Crippen LogP contribution in [-0.4, -0.2) is 33.9 Å². The van der Waals surface area contributed by atoms with Crippen LogP contribution in [0.4, 0.5) is 11.6 Å². The summed E-state index contributed by atoms with van der Waals surface area (Å²) in [6.45, 7) is 2.83. The van der Waals surface area contributed by atoms with Gasteiger partial charge in [-0.3, -0.25) is 4.79 Å². The summed E-state index contributed by atoms with van der Waals surface area (Å²) in [7, 11) is 0. The molecule has 1 amide bonds. The van der Waals surface area contributed by atoms with Gasteiger partial charge in [0.15, 0.2) is 17.3 Å². The van der Waals surface area contributed by atoms with Crippen molar-refractivity contribution in [2.24, 2.45) is 0 Å². The molecular formula is C27H22ClN5O3. The normalized spacial score (nSPS) is 16.2. The Labute approximate surface area is 212 Å². The maximum atomic E-state index is 13.7. The van der Waals surface area contributed by atoms with E-state index in [2.05, 4.69) is 10.6 Å². The Kier molecular flexibility index (Phi) is 5.58. The Morgan fingerprint density at radius 3 is 2.56 bits per heavy atom. The summed E-state index contributed by atoms with van der Waals surface area (Å²) in [5.74, 6) is 2.17. The minimum absolute atomic E-state index is 0.260. The van der Waals surface area contributed by atoms with E-state index in [0.717, 1.165) is 11.1 Å². The zero-order valence-corrected chi connectivity index (χ0v) is 20.1. The van der Waals surface area contributed by atoms with Crippen molar-refractivity contribution in [3.8, 4) is 22.9 Å². The SMILES string of the molecule is CC1=C(C(=O)Nc2ccc(Cl)cc2)C(c2ccc3c(c2)OCCO3)n2nc(-c3ccccc3)nc2N1. The van der Waals surface area contributed by atoms with Crippen molar-refractivity contribution in [1.29, 1.82) is 0 Å². The van der Waals surface area contributed by atoms with E-state index in [1.54, 1.807) is 28.9 Å². The molecule has 3 heterocycles. The first kappa shape index (κ1) is 22.2. The Balaban J connectivity index is 1.45. The second-order valence-electron chi connectivity index (χ2n) is 8.50. The minimum atomic E-state index is -0.547. The first-order chi connectivity index (χ1) is 17.6. The van der Waals surface area contributed by atoms with Crippen LogP contribution >= 0.6 is 11.6 Å². The van der Waals surface area contributed by atoms with Gasteiger partial charge in [-0.15, -0.1) is 5.10 Å². The lowest BCUT2D eigenvalue weighted by Crippen LogP contribution is -2.31. The molecule has 9 heteroatoms. The number of carbonyl (C=O) groups excluding carboxylic acids is 1. The van der Waals surface area contributed by atoms with Crippen molar-refractivity contribution in [3.63, 3.8) is 0 Å². The molecule has 0 saturated carbocycles. The third-order valence-corrected chi connectivity index (χ3v) is 6.37. The predicted octanol–water partition coefficient (Wildman–Crippen LogP) is 5.30. The van der Waals surface area contributed by atoms with Crippen LogP contribution in [0.5, 0.6) is 11.5 Å². The summed E-state index contributed by atoms with van der Waals surface area (Å²) in [4.78, 5) is 18.4. The minimum Gasteiger partial charge on any atom is -0.486 e. The number of anilines is 2. The number of halogens is 1. The van der Waals surface area contributed by atoms with E-state index >= 15 is 0 Å². The third kappa shape index (κ3) is 4.05. The zero-order valence-electron chi connectivity index (χ0n) is 19.4. The van der Waals surface area contributed by atoms with Gasteiger partial charge in [-0.05, 0) is 48.9 Å². The van der Waals surface area contributed by atoms with Gasteiger partial charge in [-0.25, -0.2) is 4.68 Å². The second kappa shape index (κ2) is 9.05. The predicted molar refractivity (Wildman–Crippen MR) is 137 cm³/mol. The lowest BCUT2D eigenvalue weighted by molar-refractivity contribution is -0.113. The summed E-state index contributed by atoms with van der Waals surface area (Å²) in [5.41, 5.74) is 3.54. The Hall–Kier alpha value is -4.30. The highest BCUT2D eigenvalue weighted by Crippen LogP contribution is 2.40. The van der Waals surface area contributed by atoms with E-state index in [1.165, 1.54) is 0 Å². The van der Waals surface area contributed by atoms with Crippen molar-refractivity contribution in [3.05, 3.63) is 94.7 Å². The topological polar surface area (TPSA) is 90.3 Å². The molecule has 4 aromatic rings. The fourth-order valence-electron chi connectivity index (χ4n) is 4.42. The maximum Gasteiger partial charge on any atom is 0.255 e. The van der Waals surface area contributed by atoms with Gasteiger partial charge in [0.05, 0.1) is 5.57 Å². The number of hydrogen-bond donors (Lipinski definition) is 2. The molecule has 0 bridgehead atoms. The molecule has 0 aliphatic carbocycles. The van der Waals surface area contributed by atoms with Crippen molar-refractivity contribution < 1.29 is 14.3 Å². The van der Waals surface area contributed by atoms with Gasteiger partial charge < -0.3 is 20.1 Å². The molecule has 0 spiro atoms. The highest BCUT2D eigenvalue weighted by atomic mass is 35.5. The quantitative estimate of drug-likeness (QED) is 0.396. The summed E-state index contributed by atoms with van der Waals surface area (Å²) in [6, 6.07) is 21.9. The lowest BCUT2D eigenvalue weighted by Gasteiger charge is -2.29. The van der Waals surface area contributed by atoms with E-state index in [4.69, 9.17) is 31.2 Å². The van der Waals surface area contributed by atoms with Crippen LogP contribution in [0.2, 0.25) is 5.02 Å². The summed E-state index contributed by atoms with van der Waals surface area (Å²) < 4.78 is 13.3. The molecule has 2 N–H and O–H groups in total. The number of ether oxygens (including phenoxy) is 2. The highest BCUT2D eigenvalue weighted by Gasteiger charge is 2.35. The van der Waals surface area contributed by atoms with Gasteiger partial charge in [0.25, 0.3) is 5.91 Å². The molecule has 6 rings (SSSR count). The molecule has 1 aromatic heterocycles. The number of amides is 1. The van der Waals surface area contributed by atoms with E-state index in [9.17, 15) is 4.79 Å². The van der Waals surface area contributed by atoms with Gasteiger partial charge in [-0.1, -0.05) is 48.0 Å². The van der Waals surface area contributed by atoms with Crippen LogP contribution in [0.25, 0.3) is 11.4 Å². The molecular weight excluding hydrogens is 478 g/mol. The van der Waals surface area contributed by atoms with Crippen LogP contribution in [-0.2, 0) is 4.79 Å². The maximum absolute atomic E-state index is 13.7. The van der Waals surface area contributed by atoms with E-state index < -0.39 is 6.04 Å². The molecule has 8 nitrogen and oxygen atoms in total. The van der Waals surface area contributed by atoms with E-state index in [-0.39, 0.29) is 5.91 Å². The lowest BCUT2D eigenvalue weighted by atomic mass is 9.94. The van der Waals surface area contributed by atoms with Gasteiger partial charge in [-0.2, -0.15) is 4.98 Å². The highest BCUT2D eigenvalue weighted by molar-refractivity contribution is 6.30. The van der Waals surface area contributed by atoms with E-state index in [1.807, 2.05) is 55.5 Å². The molecule has 0 radical (unpaired) electrons. The Morgan fingerprint density at radius 2 is 1.78 bits per heavy atom. The molecule has 180 valence electrons. The largest absolute Gasteiger partial charge is 0.486 e. The van der Waals surface area contributed by atoms with Crippen LogP contribution in [0.3, 0.4) is 0 Å². The molecule has 0 fully saturated rings. The van der Waals surface area contributed by atoms with Crippen molar-refractivity contribution in [2.45, 2.75) is 13.0 Å².